The summed E-state index contributed by atoms with van der Waals surface area (Å²) in [4.78, 5) is 36.0. The van der Waals surface area contributed by atoms with Gasteiger partial charge in [-0.15, -0.1) is 0 Å². The predicted molar refractivity (Wildman–Crippen MR) is 137 cm³/mol. The van der Waals surface area contributed by atoms with Crippen molar-refractivity contribution >= 4 is 64.0 Å². The standard InChI is InChI=1S/C25H18Cl3F3N2O5/c26-15-2-8-21(19(28)12-15)38-17-5-3-16(4-6-17)32-22(34)9-10-24(36)37-13-23(35)33-20-11-14(25(29,30)31)1-7-18(20)27/h1-8,11-12H,9-10,13H2,(H,32,34)(H,33,35). The Hall–Kier alpha value is -3.47. The number of hydrogen-bond donors (Lipinski definition) is 2. The average Bonchev–Trinajstić information content (AvgIpc) is 2.85. The summed E-state index contributed by atoms with van der Waals surface area (Å²) < 4.78 is 48.9. The van der Waals surface area contributed by atoms with E-state index < -0.39 is 36.1 Å². The summed E-state index contributed by atoms with van der Waals surface area (Å²) in [7, 11) is 0. The van der Waals surface area contributed by atoms with Crippen molar-refractivity contribution in [2.75, 3.05) is 17.2 Å². The van der Waals surface area contributed by atoms with Crippen LogP contribution in [0.15, 0.2) is 60.7 Å². The summed E-state index contributed by atoms with van der Waals surface area (Å²) >= 11 is 17.7. The van der Waals surface area contributed by atoms with Crippen molar-refractivity contribution in [1.82, 2.24) is 0 Å². The molecule has 0 atom stereocenters. The molecule has 3 rings (SSSR count). The highest BCUT2D eigenvalue weighted by Gasteiger charge is 2.31. The lowest BCUT2D eigenvalue weighted by Gasteiger charge is -2.12. The van der Waals surface area contributed by atoms with Crippen molar-refractivity contribution in [3.63, 3.8) is 0 Å². The maximum Gasteiger partial charge on any atom is 0.416 e. The number of halogens is 6. The number of carbonyl (C=O) groups is 3. The van der Waals surface area contributed by atoms with Crippen molar-refractivity contribution in [2.45, 2.75) is 19.0 Å². The minimum absolute atomic E-state index is 0.122. The number of alkyl halides is 3. The van der Waals surface area contributed by atoms with Crippen molar-refractivity contribution in [3.8, 4) is 11.5 Å². The first-order valence-corrected chi connectivity index (χ1v) is 11.9. The highest BCUT2D eigenvalue weighted by Crippen LogP contribution is 2.34. The highest BCUT2D eigenvalue weighted by molar-refractivity contribution is 6.35. The van der Waals surface area contributed by atoms with E-state index in [2.05, 4.69) is 10.6 Å². The highest BCUT2D eigenvalue weighted by atomic mass is 35.5. The molecule has 13 heteroatoms. The average molecular weight is 590 g/mol. The van der Waals surface area contributed by atoms with Gasteiger partial charge in [0.1, 0.15) is 11.5 Å². The molecule has 3 aromatic rings. The van der Waals surface area contributed by atoms with E-state index in [0.29, 0.717) is 33.3 Å². The minimum Gasteiger partial charge on any atom is -0.456 e. The molecule has 0 unspecified atom stereocenters. The van der Waals surface area contributed by atoms with E-state index in [9.17, 15) is 27.6 Å². The number of benzene rings is 3. The van der Waals surface area contributed by atoms with Crippen LogP contribution in [0.5, 0.6) is 11.5 Å². The first-order chi connectivity index (χ1) is 17.9. The van der Waals surface area contributed by atoms with Gasteiger partial charge in [-0.2, -0.15) is 13.2 Å². The van der Waals surface area contributed by atoms with Crippen LogP contribution in [-0.2, 0) is 25.3 Å². The zero-order valence-corrected chi connectivity index (χ0v) is 21.5. The summed E-state index contributed by atoms with van der Waals surface area (Å²) in [5, 5.41) is 5.42. The second kappa shape index (κ2) is 12.9. The molecule has 2 N–H and O–H groups in total. The fourth-order valence-electron chi connectivity index (χ4n) is 2.93. The summed E-state index contributed by atoms with van der Waals surface area (Å²) in [5.74, 6) is -1.38. The van der Waals surface area contributed by atoms with Gasteiger partial charge >= 0.3 is 12.1 Å². The van der Waals surface area contributed by atoms with Gasteiger partial charge in [0.05, 0.1) is 27.7 Å². The Bertz CT molecular complexity index is 1330. The van der Waals surface area contributed by atoms with Crippen molar-refractivity contribution in [3.05, 3.63) is 81.3 Å². The zero-order chi connectivity index (χ0) is 27.9. The van der Waals surface area contributed by atoms with Crippen molar-refractivity contribution in [2.24, 2.45) is 0 Å². The number of hydrogen-bond acceptors (Lipinski definition) is 5. The minimum atomic E-state index is -4.63. The summed E-state index contributed by atoms with van der Waals surface area (Å²) in [6.45, 7) is -0.772. The second-order valence-corrected chi connectivity index (χ2v) is 8.90. The third-order valence-electron chi connectivity index (χ3n) is 4.75. The second-order valence-electron chi connectivity index (χ2n) is 7.65. The van der Waals surface area contributed by atoms with Crippen LogP contribution >= 0.6 is 34.8 Å². The van der Waals surface area contributed by atoms with E-state index in [4.69, 9.17) is 44.3 Å². The first-order valence-electron chi connectivity index (χ1n) is 10.8. The molecule has 3 aromatic carbocycles. The number of amides is 2. The summed E-state index contributed by atoms with van der Waals surface area (Å²) in [6.07, 6.45) is -5.20. The quantitative estimate of drug-likeness (QED) is 0.254. The Kier molecular flexibility index (Phi) is 9.84. The van der Waals surface area contributed by atoms with Gasteiger partial charge in [0, 0.05) is 17.1 Å². The normalized spacial score (nSPS) is 11.0. The summed E-state index contributed by atoms with van der Waals surface area (Å²) in [6, 6.07) is 13.6. The van der Waals surface area contributed by atoms with Crippen LogP contribution in [0, 0.1) is 0 Å². The largest absolute Gasteiger partial charge is 0.456 e. The van der Waals surface area contributed by atoms with Crippen LogP contribution in [0.2, 0.25) is 15.1 Å². The number of nitrogens with one attached hydrogen (secondary N) is 2. The number of rotatable bonds is 9. The molecule has 7 nitrogen and oxygen atoms in total. The zero-order valence-electron chi connectivity index (χ0n) is 19.2. The van der Waals surface area contributed by atoms with Gasteiger partial charge in [-0.05, 0) is 60.7 Å². The van der Waals surface area contributed by atoms with E-state index in [1.165, 1.54) is 6.07 Å². The molecule has 0 aromatic heterocycles. The molecule has 0 bridgehead atoms. The van der Waals surface area contributed by atoms with Crippen LogP contribution in [0.25, 0.3) is 0 Å². The molecule has 0 saturated carbocycles. The van der Waals surface area contributed by atoms with E-state index in [-0.39, 0.29) is 23.6 Å². The number of ether oxygens (including phenoxy) is 2. The van der Waals surface area contributed by atoms with Crippen LogP contribution in [0.4, 0.5) is 24.5 Å². The smallest absolute Gasteiger partial charge is 0.416 e. The topological polar surface area (TPSA) is 93.7 Å². The maximum absolute atomic E-state index is 12.8. The molecular weight excluding hydrogens is 572 g/mol. The molecule has 0 fully saturated rings. The number of esters is 1. The molecular formula is C25H18Cl3F3N2O5. The fraction of sp³-hybridized carbons (Fsp3) is 0.160. The van der Waals surface area contributed by atoms with Crippen LogP contribution in [0.1, 0.15) is 18.4 Å². The van der Waals surface area contributed by atoms with E-state index in [0.717, 1.165) is 12.1 Å². The van der Waals surface area contributed by atoms with Gasteiger partial charge in [0.2, 0.25) is 5.91 Å². The third-order valence-corrected chi connectivity index (χ3v) is 5.61. The van der Waals surface area contributed by atoms with Crippen molar-refractivity contribution in [1.29, 1.82) is 0 Å². The van der Waals surface area contributed by atoms with Gasteiger partial charge in [0.25, 0.3) is 5.91 Å². The molecule has 0 saturated heterocycles. The van der Waals surface area contributed by atoms with Crippen molar-refractivity contribution < 1.29 is 37.0 Å². The van der Waals surface area contributed by atoms with E-state index in [1.807, 2.05) is 0 Å². The number of anilines is 2. The van der Waals surface area contributed by atoms with Gasteiger partial charge in [-0.1, -0.05) is 34.8 Å². The van der Waals surface area contributed by atoms with Gasteiger partial charge in [-0.3, -0.25) is 14.4 Å². The predicted octanol–water partition coefficient (Wildman–Crippen LogP) is 7.36. The molecule has 0 aliphatic heterocycles. The molecule has 38 heavy (non-hydrogen) atoms. The first kappa shape index (κ1) is 29.1. The Balaban J connectivity index is 1.41. The SMILES string of the molecule is O=C(CCC(=O)OCC(=O)Nc1cc(C(F)(F)F)ccc1Cl)Nc1ccc(Oc2ccc(Cl)cc2Cl)cc1. The van der Waals surface area contributed by atoms with Gasteiger partial charge in [0.15, 0.2) is 6.61 Å². The fourth-order valence-corrected chi connectivity index (χ4v) is 3.54. The van der Waals surface area contributed by atoms with Crippen LogP contribution in [-0.4, -0.2) is 24.4 Å². The molecule has 200 valence electrons. The number of carbonyl (C=O) groups excluding carboxylic acids is 3. The van der Waals surface area contributed by atoms with E-state index >= 15 is 0 Å². The Morgan fingerprint density at radius 3 is 2.16 bits per heavy atom. The summed E-state index contributed by atoms with van der Waals surface area (Å²) in [5.41, 5.74) is -0.849. The van der Waals surface area contributed by atoms with E-state index in [1.54, 1.807) is 36.4 Å². The molecule has 0 heterocycles. The lowest BCUT2D eigenvalue weighted by Crippen LogP contribution is -2.22. The molecule has 0 radical (unpaired) electrons. The van der Waals surface area contributed by atoms with Gasteiger partial charge in [-0.25, -0.2) is 0 Å². The lowest BCUT2D eigenvalue weighted by molar-refractivity contribution is -0.147. The Morgan fingerprint density at radius 2 is 1.50 bits per heavy atom. The van der Waals surface area contributed by atoms with Crippen LogP contribution < -0.4 is 15.4 Å². The monoisotopic (exact) mass is 588 g/mol. The third kappa shape index (κ3) is 8.83. The molecule has 0 spiro atoms. The Labute approximate surface area is 229 Å². The molecule has 2 amide bonds. The Morgan fingerprint density at radius 1 is 0.789 bits per heavy atom. The maximum atomic E-state index is 12.8. The van der Waals surface area contributed by atoms with Gasteiger partial charge < -0.3 is 20.1 Å². The molecule has 0 aliphatic carbocycles. The molecule has 0 aliphatic rings. The lowest BCUT2D eigenvalue weighted by atomic mass is 10.2. The van der Waals surface area contributed by atoms with Crippen LogP contribution in [0.3, 0.4) is 0 Å².